The highest BCUT2D eigenvalue weighted by Gasteiger charge is 2.21. The number of benzene rings is 2. The predicted octanol–water partition coefficient (Wildman–Crippen LogP) is 4.60. The summed E-state index contributed by atoms with van der Waals surface area (Å²) < 4.78 is 1.56. The summed E-state index contributed by atoms with van der Waals surface area (Å²) in [6.07, 6.45) is 0. The van der Waals surface area contributed by atoms with Crippen molar-refractivity contribution in [3.8, 4) is 5.69 Å². The Morgan fingerprint density at radius 1 is 1.17 bits per heavy atom. The molecule has 0 radical (unpaired) electrons. The van der Waals surface area contributed by atoms with Crippen molar-refractivity contribution in [1.29, 1.82) is 0 Å². The van der Waals surface area contributed by atoms with Crippen LogP contribution in [0.4, 0.5) is 0 Å². The van der Waals surface area contributed by atoms with Gasteiger partial charge in [0.15, 0.2) is 5.16 Å². The Kier molecular flexibility index (Phi) is 6.65. The zero-order valence-corrected chi connectivity index (χ0v) is 18.5. The van der Waals surface area contributed by atoms with Crippen LogP contribution in [-0.2, 0) is 4.79 Å². The summed E-state index contributed by atoms with van der Waals surface area (Å²) in [5.41, 5.74) is 1.87. The first-order valence-electron chi connectivity index (χ1n) is 9.51. The van der Waals surface area contributed by atoms with Crippen molar-refractivity contribution in [1.82, 2.24) is 14.9 Å². The van der Waals surface area contributed by atoms with E-state index in [0.717, 1.165) is 5.56 Å². The van der Waals surface area contributed by atoms with Gasteiger partial charge < -0.3 is 5.32 Å². The Morgan fingerprint density at radius 2 is 1.90 bits per heavy atom. The third kappa shape index (κ3) is 4.65. The third-order valence-corrected chi connectivity index (χ3v) is 6.02. The molecular weight excluding hydrogens is 406 g/mol. The molecule has 1 unspecified atom stereocenters. The maximum Gasteiger partial charge on any atom is 0.266 e. The van der Waals surface area contributed by atoms with E-state index in [9.17, 15) is 9.59 Å². The number of carbonyl (C=O) groups is 1. The number of amides is 1. The second kappa shape index (κ2) is 9.01. The summed E-state index contributed by atoms with van der Waals surface area (Å²) in [5.74, 6) is 0.280. The quantitative estimate of drug-likeness (QED) is 0.459. The molecule has 1 heterocycles. The molecular formula is C22H24ClN3O2S. The smallest absolute Gasteiger partial charge is 0.266 e. The monoisotopic (exact) mass is 429 g/mol. The van der Waals surface area contributed by atoms with Gasteiger partial charge in [0, 0.05) is 11.6 Å². The fourth-order valence-electron chi connectivity index (χ4n) is 2.90. The normalized spacial score (nSPS) is 12.3. The zero-order valence-electron chi connectivity index (χ0n) is 16.9. The van der Waals surface area contributed by atoms with Crippen LogP contribution in [0.25, 0.3) is 16.6 Å². The minimum absolute atomic E-state index is 0.0829. The van der Waals surface area contributed by atoms with Crippen molar-refractivity contribution in [3.05, 3.63) is 63.4 Å². The molecule has 0 aliphatic carbocycles. The molecule has 1 atom stereocenters. The Hall–Kier alpha value is -2.31. The number of hydrogen-bond donors (Lipinski definition) is 1. The fraction of sp³-hybridized carbons (Fsp3) is 0.318. The van der Waals surface area contributed by atoms with Crippen LogP contribution in [0.2, 0.25) is 5.02 Å². The number of nitrogens with zero attached hydrogens (tertiary/aromatic N) is 2. The first-order chi connectivity index (χ1) is 13.8. The lowest BCUT2D eigenvalue weighted by Crippen LogP contribution is -2.34. The van der Waals surface area contributed by atoms with Crippen LogP contribution in [0.15, 0.2) is 52.4 Å². The molecule has 3 aromatic rings. The number of fused-ring (bicyclic) bond motifs is 1. The van der Waals surface area contributed by atoms with E-state index < -0.39 is 5.25 Å². The molecule has 0 spiro atoms. The molecule has 1 aromatic heterocycles. The van der Waals surface area contributed by atoms with Gasteiger partial charge in [0.1, 0.15) is 0 Å². The molecule has 2 aromatic carbocycles. The largest absolute Gasteiger partial charge is 0.355 e. The highest BCUT2D eigenvalue weighted by atomic mass is 35.5. The lowest BCUT2D eigenvalue weighted by Gasteiger charge is -2.18. The number of rotatable bonds is 6. The van der Waals surface area contributed by atoms with Gasteiger partial charge in [0.25, 0.3) is 5.56 Å². The molecule has 0 aliphatic rings. The lowest BCUT2D eigenvalue weighted by molar-refractivity contribution is -0.120. The molecule has 152 valence electrons. The van der Waals surface area contributed by atoms with Crippen LogP contribution < -0.4 is 10.9 Å². The average Bonchev–Trinajstić information content (AvgIpc) is 2.69. The predicted molar refractivity (Wildman–Crippen MR) is 120 cm³/mol. The molecule has 3 rings (SSSR count). The maximum atomic E-state index is 13.3. The van der Waals surface area contributed by atoms with E-state index in [4.69, 9.17) is 16.6 Å². The maximum absolute atomic E-state index is 13.3. The summed E-state index contributed by atoms with van der Waals surface area (Å²) in [4.78, 5) is 30.6. The van der Waals surface area contributed by atoms with Crippen LogP contribution in [0.1, 0.15) is 26.3 Å². The van der Waals surface area contributed by atoms with Crippen LogP contribution in [0.3, 0.4) is 0 Å². The van der Waals surface area contributed by atoms with Gasteiger partial charge in [-0.05, 0) is 49.6 Å². The van der Waals surface area contributed by atoms with Gasteiger partial charge in [-0.3, -0.25) is 14.2 Å². The number of halogens is 1. The number of nitrogens with one attached hydrogen (secondary N) is 1. The van der Waals surface area contributed by atoms with Crippen molar-refractivity contribution in [2.24, 2.45) is 5.92 Å². The molecule has 1 N–H and O–H groups in total. The summed E-state index contributed by atoms with van der Waals surface area (Å²) in [6, 6.07) is 12.7. The van der Waals surface area contributed by atoms with Crippen molar-refractivity contribution in [3.63, 3.8) is 0 Å². The topological polar surface area (TPSA) is 64.0 Å². The summed E-state index contributed by atoms with van der Waals surface area (Å²) in [7, 11) is 0. The second-order valence-electron chi connectivity index (χ2n) is 7.34. The van der Waals surface area contributed by atoms with E-state index in [1.807, 2.05) is 45.9 Å². The fourth-order valence-corrected chi connectivity index (χ4v) is 4.02. The lowest BCUT2D eigenvalue weighted by atomic mass is 10.2. The molecule has 5 nitrogen and oxygen atoms in total. The number of carbonyl (C=O) groups excluding carboxylic acids is 1. The first-order valence-corrected chi connectivity index (χ1v) is 10.8. The van der Waals surface area contributed by atoms with Crippen LogP contribution >= 0.6 is 23.4 Å². The van der Waals surface area contributed by atoms with Gasteiger partial charge in [-0.15, -0.1) is 0 Å². The van der Waals surface area contributed by atoms with E-state index >= 15 is 0 Å². The standard InChI is InChI=1S/C22H24ClN3O2S/c1-13(2)12-24-20(27)15(4)29-22-25-18-10-6-5-8-16(18)21(28)26(22)19-11-7-9-17(23)14(19)3/h5-11,13,15H,12H2,1-4H3,(H,24,27). The molecule has 0 saturated carbocycles. The van der Waals surface area contributed by atoms with Gasteiger partial charge in [0.05, 0.1) is 21.8 Å². The van der Waals surface area contributed by atoms with Crippen LogP contribution in [-0.4, -0.2) is 27.3 Å². The van der Waals surface area contributed by atoms with Crippen molar-refractivity contribution >= 4 is 40.2 Å². The number of para-hydroxylation sites is 1. The van der Waals surface area contributed by atoms with Gasteiger partial charge in [0.2, 0.25) is 5.91 Å². The van der Waals surface area contributed by atoms with Gasteiger partial charge >= 0.3 is 0 Å². The Bertz CT molecular complexity index is 1110. The molecule has 7 heteroatoms. The highest BCUT2D eigenvalue weighted by molar-refractivity contribution is 8.00. The minimum Gasteiger partial charge on any atom is -0.355 e. The van der Waals surface area contributed by atoms with Crippen LogP contribution in [0.5, 0.6) is 0 Å². The number of hydrogen-bond acceptors (Lipinski definition) is 4. The number of aromatic nitrogens is 2. The molecule has 1 amide bonds. The zero-order chi connectivity index (χ0) is 21.1. The van der Waals surface area contributed by atoms with E-state index in [-0.39, 0.29) is 11.5 Å². The molecule has 0 bridgehead atoms. The van der Waals surface area contributed by atoms with Crippen molar-refractivity contribution in [2.45, 2.75) is 38.1 Å². The SMILES string of the molecule is Cc1c(Cl)cccc1-n1c(SC(C)C(=O)NCC(C)C)nc2ccccc2c1=O. The van der Waals surface area contributed by atoms with E-state index in [0.29, 0.717) is 39.2 Å². The second-order valence-corrected chi connectivity index (χ2v) is 9.05. The van der Waals surface area contributed by atoms with Gasteiger partial charge in [-0.1, -0.05) is 55.4 Å². The molecule has 0 fully saturated rings. The molecule has 29 heavy (non-hydrogen) atoms. The summed E-state index contributed by atoms with van der Waals surface area (Å²) in [6.45, 7) is 8.38. The van der Waals surface area contributed by atoms with Crippen molar-refractivity contribution in [2.75, 3.05) is 6.54 Å². The molecule has 0 saturated heterocycles. The Morgan fingerprint density at radius 3 is 2.62 bits per heavy atom. The minimum atomic E-state index is -0.410. The Labute approximate surface area is 179 Å². The average molecular weight is 430 g/mol. The van der Waals surface area contributed by atoms with Gasteiger partial charge in [-0.2, -0.15) is 0 Å². The van der Waals surface area contributed by atoms with Gasteiger partial charge in [-0.25, -0.2) is 4.98 Å². The van der Waals surface area contributed by atoms with Crippen LogP contribution in [0, 0.1) is 12.8 Å². The molecule has 0 aliphatic heterocycles. The van der Waals surface area contributed by atoms with Crippen molar-refractivity contribution < 1.29 is 4.79 Å². The van der Waals surface area contributed by atoms with E-state index in [2.05, 4.69) is 5.32 Å². The highest BCUT2D eigenvalue weighted by Crippen LogP contribution is 2.28. The third-order valence-electron chi connectivity index (χ3n) is 4.56. The van der Waals surface area contributed by atoms with E-state index in [1.165, 1.54) is 11.8 Å². The first kappa shape index (κ1) is 21.4. The summed E-state index contributed by atoms with van der Waals surface area (Å²) in [5, 5.41) is 4.08. The Balaban J connectivity index is 2.11. The number of thioether (sulfide) groups is 1. The summed E-state index contributed by atoms with van der Waals surface area (Å²) >= 11 is 7.57. The van der Waals surface area contributed by atoms with E-state index in [1.54, 1.807) is 28.8 Å².